The van der Waals surface area contributed by atoms with Crippen LogP contribution in [0.4, 0.5) is 5.82 Å². The lowest BCUT2D eigenvalue weighted by molar-refractivity contribution is 0.0943. The zero-order chi connectivity index (χ0) is 11.0. The van der Waals surface area contributed by atoms with Gasteiger partial charge in [-0.05, 0) is 25.7 Å². The summed E-state index contributed by atoms with van der Waals surface area (Å²) in [6.45, 7) is 1.71. The highest BCUT2D eigenvalue weighted by atomic mass is 16.5. The molecule has 0 bridgehead atoms. The Balaban J connectivity index is 1.70. The van der Waals surface area contributed by atoms with Crippen molar-refractivity contribution in [3.63, 3.8) is 0 Å². The first-order valence-electron chi connectivity index (χ1n) is 6.28. The summed E-state index contributed by atoms with van der Waals surface area (Å²) >= 11 is 0. The summed E-state index contributed by atoms with van der Waals surface area (Å²) in [7, 11) is 0. The molecule has 2 fully saturated rings. The number of anilines is 1. The van der Waals surface area contributed by atoms with Crippen molar-refractivity contribution in [1.82, 2.24) is 9.78 Å². The van der Waals surface area contributed by atoms with Crippen LogP contribution in [-0.2, 0) is 11.3 Å². The van der Waals surface area contributed by atoms with Crippen LogP contribution in [0.2, 0.25) is 0 Å². The highest BCUT2D eigenvalue weighted by molar-refractivity contribution is 5.33. The summed E-state index contributed by atoms with van der Waals surface area (Å²) < 4.78 is 7.53. The molecule has 1 saturated heterocycles. The monoisotopic (exact) mass is 221 g/mol. The van der Waals surface area contributed by atoms with Crippen LogP contribution in [0.5, 0.6) is 0 Å². The average molecular weight is 221 g/mol. The molecule has 1 aromatic heterocycles. The zero-order valence-electron chi connectivity index (χ0n) is 9.56. The Bertz CT molecular complexity index is 364. The maximum Gasteiger partial charge on any atom is 0.122 e. The van der Waals surface area contributed by atoms with Gasteiger partial charge in [0, 0.05) is 18.6 Å². The van der Waals surface area contributed by atoms with Gasteiger partial charge in [0.25, 0.3) is 0 Å². The molecule has 88 valence electrons. The Labute approximate surface area is 95.8 Å². The minimum atomic E-state index is 0.316. The molecule has 0 spiro atoms. The molecule has 3 rings (SSSR count). The maximum absolute atomic E-state index is 5.98. The molecule has 1 atom stereocenters. The van der Waals surface area contributed by atoms with E-state index in [1.807, 2.05) is 10.7 Å². The van der Waals surface area contributed by atoms with Crippen LogP contribution in [0.25, 0.3) is 0 Å². The number of ether oxygens (including phenoxy) is 1. The lowest BCUT2D eigenvalue weighted by atomic mass is 9.83. The second kappa shape index (κ2) is 4.09. The van der Waals surface area contributed by atoms with Crippen LogP contribution in [0.1, 0.15) is 43.7 Å². The second-order valence-electron chi connectivity index (χ2n) is 4.94. The van der Waals surface area contributed by atoms with Gasteiger partial charge in [-0.15, -0.1) is 0 Å². The molecule has 2 aliphatic rings. The first-order chi connectivity index (χ1) is 7.83. The van der Waals surface area contributed by atoms with Gasteiger partial charge in [0.1, 0.15) is 5.82 Å². The third-order valence-electron chi connectivity index (χ3n) is 3.75. The molecule has 16 heavy (non-hydrogen) atoms. The number of nitrogens with two attached hydrogens (primary N) is 1. The van der Waals surface area contributed by atoms with E-state index in [2.05, 4.69) is 5.10 Å². The highest BCUT2D eigenvalue weighted by Gasteiger charge is 2.24. The van der Waals surface area contributed by atoms with E-state index >= 15 is 0 Å². The third kappa shape index (κ3) is 1.82. The van der Waals surface area contributed by atoms with Gasteiger partial charge < -0.3 is 10.5 Å². The summed E-state index contributed by atoms with van der Waals surface area (Å²) in [6, 6.07) is 2.04. The van der Waals surface area contributed by atoms with Crippen molar-refractivity contribution in [1.29, 1.82) is 0 Å². The maximum atomic E-state index is 5.98. The van der Waals surface area contributed by atoms with E-state index in [9.17, 15) is 0 Å². The Hall–Kier alpha value is -1.03. The van der Waals surface area contributed by atoms with Gasteiger partial charge in [0.15, 0.2) is 0 Å². The highest BCUT2D eigenvalue weighted by Crippen LogP contribution is 2.36. The van der Waals surface area contributed by atoms with E-state index < -0.39 is 0 Å². The molecule has 2 N–H and O–H groups in total. The molecule has 0 aromatic carbocycles. The Morgan fingerprint density at radius 1 is 1.38 bits per heavy atom. The number of nitrogen functional groups attached to an aromatic ring is 1. The Morgan fingerprint density at radius 3 is 2.88 bits per heavy atom. The molecule has 1 aromatic rings. The topological polar surface area (TPSA) is 53.1 Å². The normalized spacial score (nSPS) is 25.9. The van der Waals surface area contributed by atoms with Crippen LogP contribution < -0.4 is 5.73 Å². The minimum absolute atomic E-state index is 0.316. The largest absolute Gasteiger partial charge is 0.384 e. The molecule has 1 aliphatic carbocycles. The SMILES string of the molecule is Nc1cc(C2CCC2)nn1CC1CCCO1. The van der Waals surface area contributed by atoms with Gasteiger partial charge in [-0.25, -0.2) is 4.68 Å². The van der Waals surface area contributed by atoms with Crippen molar-refractivity contribution < 1.29 is 4.74 Å². The molecule has 1 unspecified atom stereocenters. The number of hydrogen-bond acceptors (Lipinski definition) is 3. The van der Waals surface area contributed by atoms with Crippen LogP contribution in [0.15, 0.2) is 6.07 Å². The quantitative estimate of drug-likeness (QED) is 0.848. The van der Waals surface area contributed by atoms with Gasteiger partial charge in [0.2, 0.25) is 0 Å². The Morgan fingerprint density at radius 2 is 2.25 bits per heavy atom. The third-order valence-corrected chi connectivity index (χ3v) is 3.75. The fraction of sp³-hybridized carbons (Fsp3) is 0.750. The minimum Gasteiger partial charge on any atom is -0.384 e. The van der Waals surface area contributed by atoms with Crippen molar-refractivity contribution >= 4 is 5.82 Å². The fourth-order valence-corrected chi connectivity index (χ4v) is 2.48. The molecule has 0 radical (unpaired) electrons. The van der Waals surface area contributed by atoms with Gasteiger partial charge in [-0.1, -0.05) is 6.42 Å². The van der Waals surface area contributed by atoms with Crippen molar-refractivity contribution in [2.75, 3.05) is 12.3 Å². The molecular weight excluding hydrogens is 202 g/mol. The summed E-state index contributed by atoms with van der Waals surface area (Å²) in [6.07, 6.45) is 6.51. The number of rotatable bonds is 3. The molecule has 1 aliphatic heterocycles. The van der Waals surface area contributed by atoms with E-state index in [0.717, 1.165) is 25.4 Å². The molecular formula is C12H19N3O. The van der Waals surface area contributed by atoms with E-state index in [1.165, 1.54) is 31.4 Å². The molecule has 4 nitrogen and oxygen atoms in total. The molecule has 1 saturated carbocycles. The number of nitrogens with zero attached hydrogens (tertiary/aromatic N) is 2. The van der Waals surface area contributed by atoms with Crippen molar-refractivity contribution in [3.05, 3.63) is 11.8 Å². The first kappa shape index (κ1) is 10.1. The van der Waals surface area contributed by atoms with Crippen LogP contribution in [-0.4, -0.2) is 22.5 Å². The predicted molar refractivity (Wildman–Crippen MR) is 62.2 cm³/mol. The van der Waals surface area contributed by atoms with Crippen molar-refractivity contribution in [2.24, 2.45) is 0 Å². The number of aromatic nitrogens is 2. The average Bonchev–Trinajstić information content (AvgIpc) is 2.76. The van der Waals surface area contributed by atoms with Crippen molar-refractivity contribution in [2.45, 2.75) is 50.7 Å². The molecule has 0 amide bonds. The van der Waals surface area contributed by atoms with E-state index in [4.69, 9.17) is 10.5 Å². The van der Waals surface area contributed by atoms with Crippen LogP contribution in [0.3, 0.4) is 0 Å². The lowest BCUT2D eigenvalue weighted by Gasteiger charge is -2.22. The van der Waals surface area contributed by atoms with Gasteiger partial charge in [-0.3, -0.25) is 0 Å². The van der Waals surface area contributed by atoms with E-state index in [1.54, 1.807) is 0 Å². The molecule has 4 heteroatoms. The van der Waals surface area contributed by atoms with E-state index in [-0.39, 0.29) is 0 Å². The fourth-order valence-electron chi connectivity index (χ4n) is 2.48. The molecule has 2 heterocycles. The standard InChI is InChI=1S/C12H19N3O/c13-12-7-11(9-3-1-4-9)14-15(12)8-10-5-2-6-16-10/h7,9-10H,1-6,8,13H2. The Kier molecular flexibility index (Phi) is 2.59. The predicted octanol–water partition coefficient (Wildman–Crippen LogP) is 1.91. The first-order valence-corrected chi connectivity index (χ1v) is 6.28. The summed E-state index contributed by atoms with van der Waals surface area (Å²) in [5, 5.41) is 4.61. The zero-order valence-corrected chi connectivity index (χ0v) is 9.56. The van der Waals surface area contributed by atoms with Crippen LogP contribution in [0, 0.1) is 0 Å². The summed E-state index contributed by atoms with van der Waals surface area (Å²) in [4.78, 5) is 0. The second-order valence-corrected chi connectivity index (χ2v) is 4.94. The lowest BCUT2D eigenvalue weighted by Crippen LogP contribution is -2.18. The summed E-state index contributed by atoms with van der Waals surface area (Å²) in [5.41, 5.74) is 7.16. The van der Waals surface area contributed by atoms with Crippen LogP contribution >= 0.6 is 0 Å². The van der Waals surface area contributed by atoms with Gasteiger partial charge >= 0.3 is 0 Å². The van der Waals surface area contributed by atoms with Crippen molar-refractivity contribution in [3.8, 4) is 0 Å². The smallest absolute Gasteiger partial charge is 0.122 e. The van der Waals surface area contributed by atoms with Gasteiger partial charge in [0.05, 0.1) is 18.3 Å². The summed E-state index contributed by atoms with van der Waals surface area (Å²) in [5.74, 6) is 1.45. The van der Waals surface area contributed by atoms with Gasteiger partial charge in [-0.2, -0.15) is 5.10 Å². The van der Waals surface area contributed by atoms with E-state index in [0.29, 0.717) is 12.0 Å². The number of hydrogen-bond donors (Lipinski definition) is 1.